The molecule has 8 atom stereocenters. The van der Waals surface area contributed by atoms with Gasteiger partial charge in [0.25, 0.3) is 11.6 Å². The Bertz CT molecular complexity index is 1320. The van der Waals surface area contributed by atoms with E-state index in [1.54, 1.807) is 0 Å². The first-order valence-corrected chi connectivity index (χ1v) is 14.8. The number of nitrogens with one attached hydrogen (secondary N) is 1. The quantitative estimate of drug-likeness (QED) is 0.259. The molecule has 0 saturated heterocycles. The Morgan fingerprint density at radius 1 is 1.14 bits per heavy atom. The topological polar surface area (TPSA) is 172 Å². The number of nitro benzene ring substituents is 1. The molecule has 4 aliphatic rings. The van der Waals surface area contributed by atoms with Gasteiger partial charge in [-0.3, -0.25) is 14.9 Å². The van der Waals surface area contributed by atoms with Crippen molar-refractivity contribution >= 4 is 23.3 Å². The Morgan fingerprint density at radius 2 is 1.88 bits per heavy atom. The molecule has 4 aliphatic carbocycles. The van der Waals surface area contributed by atoms with Crippen molar-refractivity contribution in [3.05, 3.63) is 51.6 Å². The van der Waals surface area contributed by atoms with E-state index in [2.05, 4.69) is 30.4 Å². The number of carboxylic acids is 1. The van der Waals surface area contributed by atoms with Crippen LogP contribution in [0.3, 0.4) is 0 Å². The summed E-state index contributed by atoms with van der Waals surface area (Å²) in [6, 6.07) is 3.24. The van der Waals surface area contributed by atoms with E-state index in [9.17, 15) is 35.0 Å². The molecule has 4 N–H and O–H groups in total. The molecule has 11 nitrogen and oxygen atoms in total. The Kier molecular flexibility index (Phi) is 7.95. The van der Waals surface area contributed by atoms with Gasteiger partial charge in [0.15, 0.2) is 12.6 Å². The summed E-state index contributed by atoms with van der Waals surface area (Å²) in [5.74, 6) is -0.555. The lowest BCUT2D eigenvalue weighted by Crippen LogP contribution is -2.53. The minimum atomic E-state index is -1.73. The van der Waals surface area contributed by atoms with Gasteiger partial charge >= 0.3 is 5.97 Å². The normalized spacial score (nSPS) is 36.1. The van der Waals surface area contributed by atoms with Crippen LogP contribution in [0.4, 0.5) is 5.69 Å². The lowest BCUT2D eigenvalue weighted by Gasteiger charge is -2.59. The van der Waals surface area contributed by atoms with E-state index < -0.39 is 41.2 Å². The maximum Gasteiger partial charge on any atom is 0.329 e. The van der Waals surface area contributed by atoms with Crippen LogP contribution in [0, 0.1) is 38.7 Å². The maximum atomic E-state index is 12.5. The van der Waals surface area contributed by atoms with Crippen LogP contribution >= 0.6 is 0 Å². The highest BCUT2D eigenvalue weighted by atomic mass is 16.6. The SMILES string of the molecule is C[C@]12CC/C(=N/OCC(=O)N[C@H](C(=O)O)[C@@H](O)c3cccc([N+](=O)[O-])c3)C=C1CC[C@H]1[C@H]3CC[C@](C)(O)[C@@]3(C)CC[C@@H]12. The smallest absolute Gasteiger partial charge is 0.329 e. The summed E-state index contributed by atoms with van der Waals surface area (Å²) in [5, 5.41) is 48.7. The number of oxime groups is 1. The van der Waals surface area contributed by atoms with Crippen LogP contribution in [-0.2, 0) is 14.4 Å². The van der Waals surface area contributed by atoms with Crippen LogP contribution in [0.25, 0.3) is 0 Å². The fraction of sp³-hybridized carbons (Fsp3) is 0.645. The summed E-state index contributed by atoms with van der Waals surface area (Å²) in [4.78, 5) is 39.9. The van der Waals surface area contributed by atoms with Crippen molar-refractivity contribution < 1.29 is 34.7 Å². The average Bonchev–Trinajstić information content (AvgIpc) is 3.19. The van der Waals surface area contributed by atoms with Crippen LogP contribution in [0.5, 0.6) is 0 Å². The summed E-state index contributed by atoms with van der Waals surface area (Å²) >= 11 is 0. The number of aliphatic hydroxyl groups is 2. The highest BCUT2D eigenvalue weighted by Crippen LogP contribution is 2.67. The molecule has 228 valence electrons. The minimum absolute atomic E-state index is 0.00874. The molecular formula is C31H41N3O8. The van der Waals surface area contributed by atoms with E-state index in [0.717, 1.165) is 56.7 Å². The molecule has 5 rings (SSSR count). The van der Waals surface area contributed by atoms with Gasteiger partial charge in [0.05, 0.1) is 16.2 Å². The number of nitrogens with zero attached hydrogens (tertiary/aromatic N) is 2. The molecule has 42 heavy (non-hydrogen) atoms. The number of allylic oxidation sites excluding steroid dienone is 2. The molecule has 3 fully saturated rings. The van der Waals surface area contributed by atoms with Crippen LogP contribution in [-0.4, -0.2) is 56.1 Å². The molecule has 1 aromatic carbocycles. The number of amides is 1. The van der Waals surface area contributed by atoms with Gasteiger partial charge in [-0.05, 0) is 98.5 Å². The van der Waals surface area contributed by atoms with Gasteiger partial charge < -0.3 is 25.5 Å². The van der Waals surface area contributed by atoms with Crippen LogP contribution < -0.4 is 5.32 Å². The molecule has 0 spiro atoms. The summed E-state index contributed by atoms with van der Waals surface area (Å²) < 4.78 is 0. The predicted octanol–water partition coefficient (Wildman–Crippen LogP) is 4.28. The van der Waals surface area contributed by atoms with Gasteiger partial charge in [0, 0.05) is 12.1 Å². The minimum Gasteiger partial charge on any atom is -0.480 e. The molecule has 0 aliphatic heterocycles. The number of nitro groups is 1. The monoisotopic (exact) mass is 583 g/mol. The van der Waals surface area contributed by atoms with Crippen molar-refractivity contribution in [2.75, 3.05) is 6.61 Å². The second-order valence-electron chi connectivity index (χ2n) is 13.3. The molecule has 1 aromatic rings. The van der Waals surface area contributed by atoms with Gasteiger partial charge in [-0.15, -0.1) is 0 Å². The highest BCUT2D eigenvalue weighted by molar-refractivity contribution is 5.96. The van der Waals surface area contributed by atoms with Crippen molar-refractivity contribution in [1.82, 2.24) is 5.32 Å². The third kappa shape index (κ3) is 5.21. The number of non-ortho nitro benzene ring substituents is 1. The number of carbonyl (C=O) groups is 2. The number of benzene rings is 1. The fourth-order valence-electron chi connectivity index (χ4n) is 8.57. The van der Waals surface area contributed by atoms with E-state index in [-0.39, 0.29) is 22.1 Å². The molecule has 3 saturated carbocycles. The van der Waals surface area contributed by atoms with E-state index in [0.29, 0.717) is 24.2 Å². The summed E-state index contributed by atoms with van der Waals surface area (Å²) in [5.41, 5.74) is 1.25. The van der Waals surface area contributed by atoms with Crippen LogP contribution in [0.15, 0.2) is 41.1 Å². The fourth-order valence-corrected chi connectivity index (χ4v) is 8.57. The molecule has 0 aromatic heterocycles. The summed E-state index contributed by atoms with van der Waals surface area (Å²) in [6.07, 6.45) is 8.22. The summed E-state index contributed by atoms with van der Waals surface area (Å²) in [7, 11) is 0. The number of carboxylic acid groups (broad SMARTS) is 1. The third-order valence-electron chi connectivity index (χ3n) is 11.2. The lowest BCUT2D eigenvalue weighted by atomic mass is 9.46. The van der Waals surface area contributed by atoms with Crippen molar-refractivity contribution in [3.8, 4) is 0 Å². The molecule has 0 unspecified atom stereocenters. The summed E-state index contributed by atoms with van der Waals surface area (Å²) in [6.45, 7) is 6.14. The largest absolute Gasteiger partial charge is 0.480 e. The Labute approximate surface area is 245 Å². The molecule has 0 bridgehead atoms. The van der Waals surface area contributed by atoms with E-state index in [1.807, 2.05) is 6.92 Å². The average molecular weight is 584 g/mol. The number of aliphatic hydroxyl groups excluding tert-OH is 1. The van der Waals surface area contributed by atoms with Crippen LogP contribution in [0.1, 0.15) is 83.8 Å². The van der Waals surface area contributed by atoms with Gasteiger partial charge in [0.1, 0.15) is 6.10 Å². The van der Waals surface area contributed by atoms with Gasteiger partial charge in [-0.2, -0.15) is 0 Å². The van der Waals surface area contributed by atoms with E-state index >= 15 is 0 Å². The maximum absolute atomic E-state index is 12.5. The molecule has 0 radical (unpaired) electrons. The van der Waals surface area contributed by atoms with Crippen molar-refractivity contribution in [2.45, 2.75) is 89.9 Å². The number of fused-ring (bicyclic) bond motifs is 5. The van der Waals surface area contributed by atoms with Crippen molar-refractivity contribution in [1.29, 1.82) is 0 Å². The van der Waals surface area contributed by atoms with Gasteiger partial charge in [-0.1, -0.05) is 36.7 Å². The van der Waals surface area contributed by atoms with E-state index in [4.69, 9.17) is 4.84 Å². The Hall–Kier alpha value is -3.31. The van der Waals surface area contributed by atoms with Crippen molar-refractivity contribution in [3.63, 3.8) is 0 Å². The number of hydrogen-bond acceptors (Lipinski definition) is 8. The van der Waals surface area contributed by atoms with Gasteiger partial charge in [0.2, 0.25) is 0 Å². The van der Waals surface area contributed by atoms with Gasteiger partial charge in [-0.25, -0.2) is 4.79 Å². The Balaban J connectivity index is 1.20. The molecule has 1 amide bonds. The predicted molar refractivity (Wildman–Crippen MR) is 153 cm³/mol. The number of carbonyl (C=O) groups excluding carboxylic acids is 1. The zero-order valence-corrected chi connectivity index (χ0v) is 24.4. The third-order valence-corrected chi connectivity index (χ3v) is 11.2. The molecule has 0 heterocycles. The van der Waals surface area contributed by atoms with Crippen molar-refractivity contribution in [2.24, 2.45) is 33.7 Å². The lowest BCUT2D eigenvalue weighted by molar-refractivity contribution is -0.385. The first-order chi connectivity index (χ1) is 19.8. The number of rotatable bonds is 8. The van der Waals surface area contributed by atoms with E-state index in [1.165, 1.54) is 23.8 Å². The highest BCUT2D eigenvalue weighted by Gasteiger charge is 2.62. The molecule has 11 heteroatoms. The molecular weight excluding hydrogens is 542 g/mol. The first kappa shape index (κ1) is 30.2. The first-order valence-electron chi connectivity index (χ1n) is 14.8. The second-order valence-corrected chi connectivity index (χ2v) is 13.3. The number of hydrogen-bond donors (Lipinski definition) is 4. The standard InChI is InChI=1S/C31H41N3O8/c1-29-12-9-20(16-19(29)7-8-22-23(29)10-13-30(2)24(22)11-14-31(30,3)39)33-42-17-25(35)32-26(28(37)38)27(36)18-5-4-6-21(15-18)34(40)41/h4-6,15-16,22-24,26-27,36,39H,7-14,17H2,1-3H3,(H,32,35)(H,37,38)/b33-20-/t22-,23+,24-,26+,27+,29+,30+,31+/m1/s1. The van der Waals surface area contributed by atoms with Crippen LogP contribution in [0.2, 0.25) is 0 Å². The zero-order chi connectivity index (χ0) is 30.4. The zero-order valence-electron chi connectivity index (χ0n) is 24.4. The second kappa shape index (κ2) is 11.1. The number of aliphatic carboxylic acids is 1. The Morgan fingerprint density at radius 3 is 2.60 bits per heavy atom.